The molecule has 23 heavy (non-hydrogen) atoms. The molecule has 2 aromatic heterocycles. The van der Waals surface area contributed by atoms with Crippen molar-refractivity contribution in [2.45, 2.75) is 6.54 Å². The summed E-state index contributed by atoms with van der Waals surface area (Å²) in [6.07, 6.45) is 3.51. The number of likely N-dealkylation sites (tertiary alicyclic amines) is 1. The number of hydrogen-bond donors (Lipinski definition) is 1. The highest BCUT2D eigenvalue weighted by atomic mass is 16.5. The minimum absolute atomic E-state index is 0.0370. The lowest BCUT2D eigenvalue weighted by Crippen LogP contribution is -2.51. The molecule has 1 aliphatic heterocycles. The summed E-state index contributed by atoms with van der Waals surface area (Å²) in [5.41, 5.74) is 1.53. The number of rotatable bonds is 4. The summed E-state index contributed by atoms with van der Waals surface area (Å²) >= 11 is 0. The predicted octanol–water partition coefficient (Wildman–Crippen LogP) is 1.54. The van der Waals surface area contributed by atoms with Gasteiger partial charge in [-0.2, -0.15) is 0 Å². The van der Waals surface area contributed by atoms with E-state index in [4.69, 9.17) is 4.74 Å². The number of ether oxygens (including phenoxy) is 1. The lowest BCUT2D eigenvalue weighted by atomic mass is 10.00. The largest absolute Gasteiger partial charge is 0.497 e. The van der Waals surface area contributed by atoms with Crippen LogP contribution in [-0.2, 0) is 6.54 Å². The van der Waals surface area contributed by atoms with Crippen molar-refractivity contribution in [3.8, 4) is 5.75 Å². The number of carbonyl (C=O) groups excluding carboxylic acids is 1. The average molecular weight is 311 g/mol. The number of fused-ring (bicyclic) bond motifs is 1. The molecule has 1 aliphatic rings. The molecule has 0 atom stereocenters. The monoisotopic (exact) mass is 311 g/mol. The maximum Gasteiger partial charge on any atom is 0.270 e. The second-order valence-corrected chi connectivity index (χ2v) is 5.84. The Balaban J connectivity index is 1.43. The van der Waals surface area contributed by atoms with Gasteiger partial charge in [0, 0.05) is 48.7 Å². The van der Waals surface area contributed by atoms with Crippen LogP contribution in [0.1, 0.15) is 10.5 Å². The van der Waals surface area contributed by atoms with Crippen molar-refractivity contribution in [3.05, 3.63) is 42.4 Å². The first-order valence-corrected chi connectivity index (χ1v) is 7.53. The van der Waals surface area contributed by atoms with Gasteiger partial charge in [-0.3, -0.25) is 9.48 Å². The van der Waals surface area contributed by atoms with E-state index >= 15 is 0 Å². The zero-order valence-electron chi connectivity index (χ0n) is 12.8. The van der Waals surface area contributed by atoms with Crippen molar-refractivity contribution in [3.63, 3.8) is 0 Å². The molecular weight excluding hydrogens is 294 g/mol. The fourth-order valence-corrected chi connectivity index (χ4v) is 2.96. The number of benzene rings is 1. The number of nitrogens with one attached hydrogen (secondary N) is 1. The van der Waals surface area contributed by atoms with Crippen LogP contribution in [0.25, 0.3) is 10.9 Å². The normalized spacial score (nSPS) is 14.9. The van der Waals surface area contributed by atoms with Gasteiger partial charge in [-0.05, 0) is 18.2 Å². The molecule has 7 heteroatoms. The van der Waals surface area contributed by atoms with Gasteiger partial charge in [0.1, 0.15) is 11.4 Å². The first kappa shape index (κ1) is 13.8. The van der Waals surface area contributed by atoms with Crippen molar-refractivity contribution >= 4 is 16.8 Å². The van der Waals surface area contributed by atoms with E-state index in [1.54, 1.807) is 13.3 Å². The Morgan fingerprint density at radius 3 is 3.00 bits per heavy atom. The summed E-state index contributed by atoms with van der Waals surface area (Å²) in [5, 5.41) is 8.76. The Bertz CT molecular complexity index is 833. The summed E-state index contributed by atoms with van der Waals surface area (Å²) in [6, 6.07) is 7.63. The van der Waals surface area contributed by atoms with E-state index in [-0.39, 0.29) is 5.91 Å². The van der Waals surface area contributed by atoms with E-state index in [9.17, 15) is 4.79 Å². The van der Waals surface area contributed by atoms with Crippen molar-refractivity contribution < 1.29 is 9.53 Å². The van der Waals surface area contributed by atoms with Gasteiger partial charge in [0.2, 0.25) is 0 Å². The molecule has 3 aromatic rings. The molecule has 0 saturated carbocycles. The van der Waals surface area contributed by atoms with Crippen molar-refractivity contribution in [2.24, 2.45) is 5.92 Å². The van der Waals surface area contributed by atoms with E-state index in [2.05, 4.69) is 15.3 Å². The molecule has 1 N–H and O–H groups in total. The SMILES string of the molecule is COc1ccc2cc(C(=O)N3CC(Cn4ccnn4)C3)[nH]c2c1. The standard InChI is InChI=1S/C16H17N5O2/c1-23-13-3-2-12-6-15(18-14(12)7-13)16(22)20-8-11(9-20)10-21-5-4-17-19-21/h2-7,11,18H,8-10H2,1H3. The summed E-state index contributed by atoms with van der Waals surface area (Å²) in [7, 11) is 1.63. The third-order valence-electron chi connectivity index (χ3n) is 4.22. The molecular formula is C16H17N5O2. The highest BCUT2D eigenvalue weighted by Gasteiger charge is 2.32. The smallest absolute Gasteiger partial charge is 0.270 e. The second kappa shape index (κ2) is 5.42. The third-order valence-corrected chi connectivity index (χ3v) is 4.22. The Morgan fingerprint density at radius 2 is 2.26 bits per heavy atom. The van der Waals surface area contributed by atoms with Crippen LogP contribution in [-0.4, -0.2) is 51.0 Å². The van der Waals surface area contributed by atoms with Crippen LogP contribution >= 0.6 is 0 Å². The van der Waals surface area contributed by atoms with E-state index in [0.29, 0.717) is 11.6 Å². The first-order valence-electron chi connectivity index (χ1n) is 7.53. The number of carbonyl (C=O) groups is 1. The highest BCUT2D eigenvalue weighted by molar-refractivity contribution is 5.98. The third kappa shape index (κ3) is 2.54. The number of nitrogens with zero attached hydrogens (tertiary/aromatic N) is 4. The van der Waals surface area contributed by atoms with Gasteiger partial charge in [-0.1, -0.05) is 5.21 Å². The molecule has 1 aromatic carbocycles. The molecule has 1 fully saturated rings. The van der Waals surface area contributed by atoms with Crippen LogP contribution in [0.15, 0.2) is 36.7 Å². The Hall–Kier alpha value is -2.83. The van der Waals surface area contributed by atoms with Gasteiger partial charge in [-0.25, -0.2) is 0 Å². The minimum Gasteiger partial charge on any atom is -0.497 e. The number of amides is 1. The Morgan fingerprint density at radius 1 is 1.39 bits per heavy atom. The van der Waals surface area contributed by atoms with Gasteiger partial charge in [0.25, 0.3) is 5.91 Å². The fourth-order valence-electron chi connectivity index (χ4n) is 2.96. The molecule has 0 unspecified atom stereocenters. The van der Waals surface area contributed by atoms with Crippen LogP contribution in [0, 0.1) is 5.92 Å². The quantitative estimate of drug-likeness (QED) is 0.793. The molecule has 7 nitrogen and oxygen atoms in total. The van der Waals surface area contributed by atoms with Gasteiger partial charge in [0.05, 0.1) is 13.3 Å². The van der Waals surface area contributed by atoms with Crippen LogP contribution in [0.4, 0.5) is 0 Å². The van der Waals surface area contributed by atoms with E-state index in [0.717, 1.165) is 36.3 Å². The predicted molar refractivity (Wildman–Crippen MR) is 84.3 cm³/mol. The maximum atomic E-state index is 12.5. The number of methoxy groups -OCH3 is 1. The molecule has 0 aliphatic carbocycles. The molecule has 3 heterocycles. The van der Waals surface area contributed by atoms with Crippen molar-refractivity contribution in [2.75, 3.05) is 20.2 Å². The topological polar surface area (TPSA) is 76.0 Å². The van der Waals surface area contributed by atoms with Gasteiger partial charge >= 0.3 is 0 Å². The van der Waals surface area contributed by atoms with Crippen LogP contribution in [0.3, 0.4) is 0 Å². The van der Waals surface area contributed by atoms with Crippen LogP contribution in [0.2, 0.25) is 0 Å². The number of aromatic amines is 1. The van der Waals surface area contributed by atoms with Gasteiger partial charge < -0.3 is 14.6 Å². The molecule has 0 radical (unpaired) electrons. The highest BCUT2D eigenvalue weighted by Crippen LogP contribution is 2.24. The summed E-state index contributed by atoms with van der Waals surface area (Å²) < 4.78 is 7.01. The van der Waals surface area contributed by atoms with Crippen molar-refractivity contribution in [1.82, 2.24) is 24.9 Å². The van der Waals surface area contributed by atoms with E-state index in [1.165, 1.54) is 0 Å². The fraction of sp³-hybridized carbons (Fsp3) is 0.312. The zero-order valence-corrected chi connectivity index (χ0v) is 12.8. The Kier molecular flexibility index (Phi) is 3.25. The summed E-state index contributed by atoms with van der Waals surface area (Å²) in [5.74, 6) is 1.25. The van der Waals surface area contributed by atoms with Crippen LogP contribution < -0.4 is 4.74 Å². The minimum atomic E-state index is 0.0370. The van der Waals surface area contributed by atoms with Crippen LogP contribution in [0.5, 0.6) is 5.75 Å². The lowest BCUT2D eigenvalue weighted by Gasteiger charge is -2.38. The van der Waals surface area contributed by atoms with Gasteiger partial charge in [0.15, 0.2) is 0 Å². The number of H-pyrrole nitrogens is 1. The molecule has 0 spiro atoms. The second-order valence-electron chi connectivity index (χ2n) is 5.84. The molecule has 118 valence electrons. The van der Waals surface area contributed by atoms with E-state index in [1.807, 2.05) is 40.0 Å². The van der Waals surface area contributed by atoms with E-state index < -0.39 is 0 Å². The van der Waals surface area contributed by atoms with Gasteiger partial charge in [-0.15, -0.1) is 5.10 Å². The molecule has 0 bridgehead atoms. The lowest BCUT2D eigenvalue weighted by molar-refractivity contribution is 0.0455. The Labute approximate surface area is 132 Å². The first-order chi connectivity index (χ1) is 11.2. The molecule has 4 rings (SSSR count). The zero-order chi connectivity index (χ0) is 15.8. The van der Waals surface area contributed by atoms with Crippen molar-refractivity contribution in [1.29, 1.82) is 0 Å². The molecule has 1 amide bonds. The summed E-state index contributed by atoms with van der Waals surface area (Å²) in [4.78, 5) is 17.6. The maximum absolute atomic E-state index is 12.5. The summed E-state index contributed by atoms with van der Waals surface area (Å²) in [6.45, 7) is 2.29. The molecule has 1 saturated heterocycles. The number of aromatic nitrogens is 4. The average Bonchev–Trinajstić information content (AvgIpc) is 3.18. The number of hydrogen-bond acceptors (Lipinski definition) is 4.